The molecule has 0 amide bonds. The summed E-state index contributed by atoms with van der Waals surface area (Å²) in [6, 6.07) is 0. The number of fused-ring (bicyclic) bond motifs is 5. The quantitative estimate of drug-likeness (QED) is 0.344. The zero-order chi connectivity index (χ0) is 23.3. The largest absolute Gasteiger partial charge is 0.299 e. The van der Waals surface area contributed by atoms with Crippen molar-refractivity contribution in [2.75, 3.05) is 0 Å². The molecule has 7 atom stereocenters. The number of carbonyl (C=O) groups is 3. The van der Waals surface area contributed by atoms with Gasteiger partial charge in [-0.15, -0.1) is 0 Å². The Bertz CT molecular complexity index is 864. The second-order valence-corrected chi connectivity index (χ2v) is 11.8. The van der Waals surface area contributed by atoms with Crippen LogP contribution in [0.4, 0.5) is 0 Å². The molecule has 0 heterocycles. The minimum absolute atomic E-state index is 0.0205. The van der Waals surface area contributed by atoms with E-state index in [1.165, 1.54) is 17.6 Å². The van der Waals surface area contributed by atoms with E-state index in [0.29, 0.717) is 29.8 Å². The summed E-state index contributed by atoms with van der Waals surface area (Å²) in [6.45, 7) is 10.9. The molecule has 3 saturated carbocycles. The molecule has 0 spiro atoms. The van der Waals surface area contributed by atoms with Crippen LogP contribution in [0.5, 0.6) is 0 Å². The fraction of sp³-hybridized carbons (Fsp3) is 0.759. The number of hydrogen-bond donors (Lipinski definition) is 0. The molecule has 0 aromatic heterocycles. The van der Waals surface area contributed by atoms with Crippen molar-refractivity contribution in [1.29, 1.82) is 0 Å². The van der Waals surface area contributed by atoms with E-state index in [0.717, 1.165) is 63.2 Å². The Morgan fingerprint density at radius 3 is 2.56 bits per heavy atom. The summed E-state index contributed by atoms with van der Waals surface area (Å²) in [7, 11) is 0. The average Bonchev–Trinajstić information content (AvgIpc) is 3.14. The number of ketones is 2. The summed E-state index contributed by atoms with van der Waals surface area (Å²) in [5.74, 6) is 2.23. The smallest absolute Gasteiger partial charge is 0.159 e. The lowest BCUT2D eigenvalue weighted by Crippen LogP contribution is -2.54. The normalized spacial score (nSPS) is 40.6. The van der Waals surface area contributed by atoms with Crippen LogP contribution >= 0.6 is 0 Å². The van der Waals surface area contributed by atoms with Crippen molar-refractivity contribution in [3.8, 4) is 0 Å². The molecule has 0 saturated heterocycles. The minimum Gasteiger partial charge on any atom is -0.299 e. The van der Waals surface area contributed by atoms with Gasteiger partial charge in [0, 0.05) is 17.8 Å². The van der Waals surface area contributed by atoms with Crippen molar-refractivity contribution >= 4 is 17.9 Å². The third kappa shape index (κ3) is 3.49. The highest BCUT2D eigenvalue weighted by Gasteiger charge is 2.62. The number of rotatable bonds is 6. The highest BCUT2D eigenvalue weighted by atomic mass is 16.1. The van der Waals surface area contributed by atoms with Crippen LogP contribution in [0.3, 0.4) is 0 Å². The third-order valence-corrected chi connectivity index (χ3v) is 10.5. The van der Waals surface area contributed by atoms with Crippen molar-refractivity contribution in [1.82, 2.24) is 0 Å². The van der Waals surface area contributed by atoms with Gasteiger partial charge in [-0.2, -0.15) is 0 Å². The van der Waals surface area contributed by atoms with Crippen LogP contribution in [0.25, 0.3) is 0 Å². The van der Waals surface area contributed by atoms with E-state index < -0.39 is 0 Å². The zero-order valence-electron chi connectivity index (χ0n) is 20.8. The van der Waals surface area contributed by atoms with Crippen LogP contribution in [-0.4, -0.2) is 17.9 Å². The number of allylic oxidation sites excluding steroid dienone is 4. The van der Waals surface area contributed by atoms with E-state index >= 15 is 0 Å². The van der Waals surface area contributed by atoms with Gasteiger partial charge in [0.25, 0.3) is 0 Å². The molecule has 4 aliphatic rings. The monoisotopic (exact) mass is 438 g/mol. The Kier molecular flexibility index (Phi) is 6.42. The fourth-order valence-electron chi connectivity index (χ4n) is 8.42. The highest BCUT2D eigenvalue weighted by molar-refractivity contribution is 5.97. The van der Waals surface area contributed by atoms with Gasteiger partial charge in [0.05, 0.1) is 0 Å². The maximum atomic E-state index is 13.8. The Hall–Kier alpha value is -1.51. The van der Waals surface area contributed by atoms with Gasteiger partial charge >= 0.3 is 0 Å². The lowest BCUT2D eigenvalue weighted by Gasteiger charge is -2.55. The number of carbonyl (C=O) groups excluding carboxylic acids is 3. The predicted molar refractivity (Wildman–Crippen MR) is 128 cm³/mol. The van der Waals surface area contributed by atoms with Crippen LogP contribution in [-0.2, 0) is 14.4 Å². The van der Waals surface area contributed by atoms with E-state index in [1.54, 1.807) is 0 Å². The Morgan fingerprint density at radius 1 is 1.12 bits per heavy atom. The molecule has 0 aromatic carbocycles. The molecule has 3 nitrogen and oxygen atoms in total. The van der Waals surface area contributed by atoms with Gasteiger partial charge in [0.1, 0.15) is 12.1 Å². The SMILES string of the molecule is CCC(CC[C@@H](C)[C@H]1CC[C@H]2C3=CC(=O)C4CCCC[C@]4(C)[C@H]3CC(=O)[C@]12C)=C(C)C=O. The van der Waals surface area contributed by atoms with E-state index in [4.69, 9.17) is 0 Å². The van der Waals surface area contributed by atoms with Crippen LogP contribution in [0.2, 0.25) is 0 Å². The molecular weight excluding hydrogens is 396 g/mol. The van der Waals surface area contributed by atoms with Gasteiger partial charge in [0.2, 0.25) is 0 Å². The van der Waals surface area contributed by atoms with Gasteiger partial charge in [0.15, 0.2) is 5.78 Å². The number of hydrogen-bond acceptors (Lipinski definition) is 3. The Balaban J connectivity index is 1.59. The lowest BCUT2D eigenvalue weighted by atomic mass is 9.47. The van der Waals surface area contributed by atoms with Crippen molar-refractivity contribution in [2.24, 2.45) is 40.4 Å². The molecule has 0 aliphatic heterocycles. The third-order valence-electron chi connectivity index (χ3n) is 10.5. The average molecular weight is 439 g/mol. The second kappa shape index (κ2) is 8.69. The van der Waals surface area contributed by atoms with Crippen molar-refractivity contribution < 1.29 is 14.4 Å². The van der Waals surface area contributed by atoms with Gasteiger partial charge in [-0.05, 0) is 92.6 Å². The molecule has 32 heavy (non-hydrogen) atoms. The van der Waals surface area contributed by atoms with Crippen LogP contribution in [0.15, 0.2) is 22.8 Å². The van der Waals surface area contributed by atoms with E-state index in [-0.39, 0.29) is 28.6 Å². The van der Waals surface area contributed by atoms with Gasteiger partial charge in [-0.1, -0.05) is 51.7 Å². The molecule has 1 unspecified atom stereocenters. The molecule has 3 fully saturated rings. The highest BCUT2D eigenvalue weighted by Crippen LogP contribution is 2.65. The molecule has 4 rings (SSSR count). The summed E-state index contributed by atoms with van der Waals surface area (Å²) >= 11 is 0. The maximum Gasteiger partial charge on any atom is 0.159 e. The second-order valence-electron chi connectivity index (χ2n) is 11.8. The molecule has 0 aromatic rings. The maximum absolute atomic E-state index is 13.8. The summed E-state index contributed by atoms with van der Waals surface area (Å²) in [6.07, 6.45) is 13.0. The predicted octanol–water partition coefficient (Wildman–Crippen LogP) is 6.66. The van der Waals surface area contributed by atoms with Crippen LogP contribution in [0, 0.1) is 40.4 Å². The van der Waals surface area contributed by atoms with Crippen molar-refractivity contribution in [3.63, 3.8) is 0 Å². The first-order valence-corrected chi connectivity index (χ1v) is 13.1. The van der Waals surface area contributed by atoms with Gasteiger partial charge < -0.3 is 0 Å². The van der Waals surface area contributed by atoms with Crippen LogP contribution in [0.1, 0.15) is 98.8 Å². The minimum atomic E-state index is -0.338. The Labute approximate surface area is 194 Å². The molecule has 0 bridgehead atoms. The summed E-state index contributed by atoms with van der Waals surface area (Å²) in [5.41, 5.74) is 3.09. The fourth-order valence-corrected chi connectivity index (χ4v) is 8.42. The van der Waals surface area contributed by atoms with E-state index in [9.17, 15) is 14.4 Å². The summed E-state index contributed by atoms with van der Waals surface area (Å²) in [4.78, 5) is 38.3. The molecule has 3 heteroatoms. The summed E-state index contributed by atoms with van der Waals surface area (Å²) in [5, 5.41) is 0. The van der Waals surface area contributed by atoms with E-state index in [2.05, 4.69) is 27.7 Å². The topological polar surface area (TPSA) is 51.2 Å². The molecule has 4 aliphatic carbocycles. The first-order chi connectivity index (χ1) is 15.2. The van der Waals surface area contributed by atoms with Crippen LogP contribution < -0.4 is 0 Å². The molecular formula is C29H42O3. The molecule has 0 N–H and O–H groups in total. The number of Topliss-reactive ketones (excluding diaryl/α,β-unsaturated/α-hetero) is 1. The number of aldehydes is 1. The zero-order valence-corrected chi connectivity index (χ0v) is 20.8. The van der Waals surface area contributed by atoms with Gasteiger partial charge in [-0.25, -0.2) is 0 Å². The van der Waals surface area contributed by atoms with Crippen molar-refractivity contribution in [2.45, 2.75) is 98.8 Å². The van der Waals surface area contributed by atoms with Gasteiger partial charge in [-0.3, -0.25) is 14.4 Å². The first-order valence-electron chi connectivity index (χ1n) is 13.1. The lowest BCUT2D eigenvalue weighted by molar-refractivity contribution is -0.143. The van der Waals surface area contributed by atoms with E-state index in [1.807, 2.05) is 13.0 Å². The van der Waals surface area contributed by atoms with Crippen molar-refractivity contribution in [3.05, 3.63) is 22.8 Å². The first kappa shape index (κ1) is 23.6. The molecule has 0 radical (unpaired) electrons. The Morgan fingerprint density at radius 2 is 1.88 bits per heavy atom. The summed E-state index contributed by atoms with van der Waals surface area (Å²) < 4.78 is 0. The standard InChI is InChI=1S/C29H42O3/c1-6-20(19(3)17-30)11-10-18(2)22-12-13-23-21-15-26(31)24-9-7-8-14-28(24,4)25(21)16-27(32)29(22,23)5/h15,17-18,22-25H,6-14,16H2,1-5H3/t18-,22-,23+,24?,25+,28+,29-/m1/s1. The molecule has 176 valence electrons.